The van der Waals surface area contributed by atoms with Crippen LogP contribution in [0.5, 0.6) is 0 Å². The summed E-state index contributed by atoms with van der Waals surface area (Å²) in [6.07, 6.45) is 0. The van der Waals surface area contributed by atoms with Crippen LogP contribution in [-0.2, 0) is 0 Å². The van der Waals surface area contributed by atoms with Crippen LogP contribution in [0.2, 0.25) is 0 Å². The number of benzene rings is 4. The molecule has 0 aromatic heterocycles. The van der Waals surface area contributed by atoms with Crippen molar-refractivity contribution in [2.45, 2.75) is 0 Å². The fourth-order valence-electron chi connectivity index (χ4n) is 3.52. The van der Waals surface area contributed by atoms with E-state index in [0.717, 1.165) is 14.7 Å². The fraction of sp³-hybridized carbons (Fsp3) is 0. The highest BCUT2D eigenvalue weighted by Gasteiger charge is 2.17. The van der Waals surface area contributed by atoms with Crippen molar-refractivity contribution in [3.63, 3.8) is 0 Å². The molecule has 0 amide bonds. The van der Waals surface area contributed by atoms with Gasteiger partial charge in [-0.3, -0.25) is 0 Å². The minimum Gasteiger partial charge on any atom is -0.0622 e. The van der Waals surface area contributed by atoms with E-state index in [2.05, 4.69) is 113 Å². The van der Waals surface area contributed by atoms with Gasteiger partial charge in [0.05, 0.1) is 0 Å². The van der Waals surface area contributed by atoms with Crippen molar-refractivity contribution in [2.75, 3.05) is 0 Å². The van der Waals surface area contributed by atoms with Crippen molar-refractivity contribution >= 4 is 31.4 Å². The molecule has 4 aromatic carbocycles. The molecular formula is C24H19BrSi. The van der Waals surface area contributed by atoms with Crippen molar-refractivity contribution < 1.29 is 0 Å². The molecule has 0 heterocycles. The van der Waals surface area contributed by atoms with Gasteiger partial charge in [0.15, 0.2) is 0 Å². The molecule has 0 aliphatic heterocycles. The maximum absolute atomic E-state index is 3.88. The summed E-state index contributed by atoms with van der Waals surface area (Å²) in [5.41, 5.74) is 7.74. The molecule has 0 nitrogen and oxygen atoms in total. The highest BCUT2D eigenvalue weighted by molar-refractivity contribution is 9.10. The van der Waals surface area contributed by atoms with E-state index in [0.29, 0.717) is 0 Å². The summed E-state index contributed by atoms with van der Waals surface area (Å²) in [6, 6.07) is 34.4. The Balaban J connectivity index is 2.06. The minimum absolute atomic E-state index is 0.974. The third-order valence-corrected chi connectivity index (χ3v) is 6.41. The van der Waals surface area contributed by atoms with Gasteiger partial charge in [-0.1, -0.05) is 112 Å². The van der Waals surface area contributed by atoms with Gasteiger partial charge in [-0.05, 0) is 33.9 Å². The molecule has 0 bridgehead atoms. The SMILES string of the molecule is [SiH3]c1c(-c2ccccc2)cc(Br)c(-c2ccccc2)c1-c1ccccc1. The first-order valence-electron chi connectivity index (χ1n) is 8.75. The van der Waals surface area contributed by atoms with Crippen molar-refractivity contribution in [2.24, 2.45) is 0 Å². The summed E-state index contributed by atoms with van der Waals surface area (Å²) in [4.78, 5) is 0. The second-order valence-electron chi connectivity index (χ2n) is 6.38. The summed E-state index contributed by atoms with van der Waals surface area (Å²) in [5.74, 6) is 0. The lowest BCUT2D eigenvalue weighted by molar-refractivity contribution is 1.56. The zero-order chi connectivity index (χ0) is 17.9. The van der Waals surface area contributed by atoms with Crippen LogP contribution in [0.3, 0.4) is 0 Å². The molecule has 0 radical (unpaired) electrons. The first-order valence-corrected chi connectivity index (χ1v) is 10.5. The van der Waals surface area contributed by atoms with Crippen LogP contribution in [0.15, 0.2) is 102 Å². The topological polar surface area (TPSA) is 0 Å². The number of hydrogen-bond donors (Lipinski definition) is 0. The molecular weight excluding hydrogens is 396 g/mol. The van der Waals surface area contributed by atoms with Gasteiger partial charge in [0.25, 0.3) is 0 Å². The lowest BCUT2D eigenvalue weighted by atomic mass is 9.90. The molecule has 0 saturated heterocycles. The molecule has 2 heteroatoms. The molecule has 0 aliphatic rings. The molecule has 0 aliphatic carbocycles. The van der Waals surface area contributed by atoms with E-state index in [-0.39, 0.29) is 0 Å². The quantitative estimate of drug-likeness (QED) is 0.391. The van der Waals surface area contributed by atoms with Crippen LogP contribution in [0.1, 0.15) is 0 Å². The Morgan fingerprint density at radius 1 is 0.538 bits per heavy atom. The molecule has 0 atom stereocenters. The molecule has 4 rings (SSSR count). The van der Waals surface area contributed by atoms with E-state index in [1.807, 2.05) is 0 Å². The molecule has 4 aromatic rings. The monoisotopic (exact) mass is 414 g/mol. The van der Waals surface area contributed by atoms with E-state index < -0.39 is 0 Å². The van der Waals surface area contributed by atoms with Gasteiger partial charge in [-0.15, -0.1) is 0 Å². The Morgan fingerprint density at radius 3 is 1.46 bits per heavy atom. The Morgan fingerprint density at radius 2 is 0.962 bits per heavy atom. The Labute approximate surface area is 166 Å². The van der Waals surface area contributed by atoms with Crippen LogP contribution in [0.4, 0.5) is 0 Å². The van der Waals surface area contributed by atoms with Crippen molar-refractivity contribution in [3.05, 3.63) is 102 Å². The normalized spacial score (nSPS) is 10.8. The first kappa shape index (κ1) is 17.0. The van der Waals surface area contributed by atoms with E-state index in [4.69, 9.17) is 0 Å². The van der Waals surface area contributed by atoms with E-state index in [1.54, 1.807) is 0 Å². The van der Waals surface area contributed by atoms with E-state index in [9.17, 15) is 0 Å². The number of rotatable bonds is 3. The van der Waals surface area contributed by atoms with Crippen LogP contribution < -0.4 is 5.19 Å². The Kier molecular flexibility index (Phi) is 4.87. The highest BCUT2D eigenvalue weighted by atomic mass is 79.9. The molecule has 0 saturated carbocycles. The third kappa shape index (κ3) is 3.18. The van der Waals surface area contributed by atoms with Gasteiger partial charge in [-0.25, -0.2) is 0 Å². The highest BCUT2D eigenvalue weighted by Crippen LogP contribution is 2.39. The summed E-state index contributed by atoms with van der Waals surface area (Å²) < 4.78 is 1.14. The molecule has 126 valence electrons. The van der Waals surface area contributed by atoms with Crippen LogP contribution in [-0.4, -0.2) is 10.2 Å². The van der Waals surface area contributed by atoms with Crippen LogP contribution in [0.25, 0.3) is 33.4 Å². The summed E-state index contributed by atoms with van der Waals surface area (Å²) in [5, 5.41) is 1.43. The van der Waals surface area contributed by atoms with Gasteiger partial charge in [0.1, 0.15) is 0 Å². The van der Waals surface area contributed by atoms with Gasteiger partial charge >= 0.3 is 0 Å². The Hall–Kier alpha value is -2.42. The number of hydrogen-bond acceptors (Lipinski definition) is 0. The van der Waals surface area contributed by atoms with Crippen molar-refractivity contribution in [1.82, 2.24) is 0 Å². The van der Waals surface area contributed by atoms with Crippen molar-refractivity contribution in [1.29, 1.82) is 0 Å². The smallest absolute Gasteiger partial charge is 0.0401 e. The second-order valence-corrected chi connectivity index (χ2v) is 8.23. The van der Waals surface area contributed by atoms with Gasteiger partial charge < -0.3 is 0 Å². The third-order valence-electron chi connectivity index (χ3n) is 4.75. The molecule has 26 heavy (non-hydrogen) atoms. The van der Waals surface area contributed by atoms with E-state index in [1.165, 1.54) is 38.6 Å². The first-order chi connectivity index (χ1) is 12.8. The molecule has 0 fully saturated rings. The van der Waals surface area contributed by atoms with Gasteiger partial charge in [0.2, 0.25) is 0 Å². The average molecular weight is 415 g/mol. The summed E-state index contributed by atoms with van der Waals surface area (Å²) in [7, 11) is 0.974. The lowest BCUT2D eigenvalue weighted by Crippen LogP contribution is -2.13. The van der Waals surface area contributed by atoms with Crippen molar-refractivity contribution in [3.8, 4) is 33.4 Å². The molecule has 0 unspecified atom stereocenters. The zero-order valence-corrected chi connectivity index (χ0v) is 18.2. The fourth-order valence-corrected chi connectivity index (χ4v) is 5.15. The maximum Gasteiger partial charge on any atom is 0.0401 e. The summed E-state index contributed by atoms with van der Waals surface area (Å²) in [6.45, 7) is 0. The standard InChI is InChI=1S/C24H19BrSi/c25-21-16-20(17-10-4-1-5-11-17)24(26)23(19-14-8-3-9-15-19)22(21)18-12-6-2-7-13-18/h1-16H,26H3. The predicted molar refractivity (Wildman–Crippen MR) is 120 cm³/mol. The van der Waals surface area contributed by atoms with Crippen LogP contribution >= 0.6 is 15.9 Å². The average Bonchev–Trinajstić information content (AvgIpc) is 2.71. The number of halogens is 1. The largest absolute Gasteiger partial charge is 0.0622 e. The van der Waals surface area contributed by atoms with Crippen LogP contribution in [0, 0.1) is 0 Å². The van der Waals surface area contributed by atoms with Gasteiger partial charge in [-0.2, -0.15) is 0 Å². The molecule has 0 spiro atoms. The minimum atomic E-state index is 0.974. The predicted octanol–water partition coefficient (Wildman–Crippen LogP) is 5.44. The van der Waals surface area contributed by atoms with Gasteiger partial charge in [0, 0.05) is 20.3 Å². The summed E-state index contributed by atoms with van der Waals surface area (Å²) >= 11 is 3.88. The maximum atomic E-state index is 3.88. The van der Waals surface area contributed by atoms with E-state index >= 15 is 0 Å². The Bertz CT molecular complexity index is 1030. The lowest BCUT2D eigenvalue weighted by Gasteiger charge is -2.20. The second kappa shape index (κ2) is 7.44. The zero-order valence-electron chi connectivity index (χ0n) is 14.6. The molecule has 0 N–H and O–H groups in total.